The predicted octanol–water partition coefficient (Wildman–Crippen LogP) is 0.620. The van der Waals surface area contributed by atoms with E-state index < -0.39 is 20.7 Å². The highest BCUT2D eigenvalue weighted by Crippen LogP contribution is 2.17. The Balaban J connectivity index is 2.18. The van der Waals surface area contributed by atoms with E-state index in [-0.39, 0.29) is 12.2 Å². The average molecular weight is 284 g/mol. The van der Waals surface area contributed by atoms with E-state index in [1.165, 1.54) is 12.3 Å². The van der Waals surface area contributed by atoms with Crippen LogP contribution in [0.1, 0.15) is 5.56 Å². The molecule has 0 unspecified atom stereocenters. The lowest BCUT2D eigenvalue weighted by atomic mass is 10.3. The van der Waals surface area contributed by atoms with E-state index in [4.69, 9.17) is 5.73 Å². The number of sulfonamides is 1. The van der Waals surface area contributed by atoms with Crippen molar-refractivity contribution in [2.45, 2.75) is 11.4 Å². The van der Waals surface area contributed by atoms with Gasteiger partial charge >= 0.3 is 0 Å². The van der Waals surface area contributed by atoms with Gasteiger partial charge in [-0.15, -0.1) is 0 Å². The number of benzene rings is 1. The zero-order valence-corrected chi connectivity index (χ0v) is 11.0. The standard InChI is InChI=1S/C11H13FN4O2S/c1-16-7-8(5-14-16)6-15-19(17,18)11-3-2-9(13)4-10(11)12/h2-5,7,15H,6,13H2,1H3. The van der Waals surface area contributed by atoms with Crippen LogP contribution in [0.25, 0.3) is 0 Å². The van der Waals surface area contributed by atoms with Crippen LogP contribution in [-0.2, 0) is 23.6 Å². The lowest BCUT2D eigenvalue weighted by molar-refractivity contribution is 0.557. The summed E-state index contributed by atoms with van der Waals surface area (Å²) in [4.78, 5) is -0.425. The molecule has 0 atom stereocenters. The first-order valence-electron chi connectivity index (χ1n) is 5.41. The number of hydrogen-bond acceptors (Lipinski definition) is 4. The normalized spacial score (nSPS) is 11.7. The minimum atomic E-state index is -3.91. The fourth-order valence-corrected chi connectivity index (χ4v) is 2.63. The number of halogens is 1. The fraction of sp³-hybridized carbons (Fsp3) is 0.182. The van der Waals surface area contributed by atoms with Crippen LogP contribution in [-0.4, -0.2) is 18.2 Å². The summed E-state index contributed by atoms with van der Waals surface area (Å²) in [5.41, 5.74) is 6.22. The summed E-state index contributed by atoms with van der Waals surface area (Å²) in [6.45, 7) is 0.0417. The smallest absolute Gasteiger partial charge is 0.243 e. The minimum absolute atomic E-state index is 0.0417. The van der Waals surface area contributed by atoms with Crippen molar-refractivity contribution in [2.75, 3.05) is 5.73 Å². The van der Waals surface area contributed by atoms with Crippen LogP contribution in [0.5, 0.6) is 0 Å². The minimum Gasteiger partial charge on any atom is -0.399 e. The summed E-state index contributed by atoms with van der Waals surface area (Å²) in [6.07, 6.45) is 3.20. The Morgan fingerprint density at radius 1 is 1.47 bits per heavy atom. The Labute approximate surface area is 110 Å². The predicted molar refractivity (Wildman–Crippen MR) is 68.0 cm³/mol. The van der Waals surface area contributed by atoms with Gasteiger partial charge < -0.3 is 5.73 Å². The molecule has 0 bridgehead atoms. The van der Waals surface area contributed by atoms with E-state index in [1.807, 2.05) is 0 Å². The number of hydrogen-bond donors (Lipinski definition) is 2. The summed E-state index contributed by atoms with van der Waals surface area (Å²) < 4.78 is 41.3. The van der Waals surface area contributed by atoms with Crippen LogP contribution < -0.4 is 10.5 Å². The molecule has 0 amide bonds. The van der Waals surface area contributed by atoms with Gasteiger partial charge in [-0.3, -0.25) is 4.68 Å². The molecule has 0 aliphatic rings. The molecular weight excluding hydrogens is 271 g/mol. The molecule has 1 aromatic carbocycles. The third-order valence-corrected chi connectivity index (χ3v) is 3.90. The van der Waals surface area contributed by atoms with Gasteiger partial charge in [-0.2, -0.15) is 5.10 Å². The van der Waals surface area contributed by atoms with Crippen LogP contribution in [0.3, 0.4) is 0 Å². The van der Waals surface area contributed by atoms with Gasteiger partial charge in [0.1, 0.15) is 10.7 Å². The quantitative estimate of drug-likeness (QED) is 0.805. The second kappa shape index (κ2) is 4.98. The summed E-state index contributed by atoms with van der Waals surface area (Å²) in [5.74, 6) is -0.876. The zero-order chi connectivity index (χ0) is 14.0. The van der Waals surface area contributed by atoms with Gasteiger partial charge in [-0.1, -0.05) is 0 Å². The molecule has 19 heavy (non-hydrogen) atoms. The van der Waals surface area contributed by atoms with Gasteiger partial charge in [0.25, 0.3) is 0 Å². The van der Waals surface area contributed by atoms with Crippen molar-refractivity contribution in [3.63, 3.8) is 0 Å². The number of nitrogens with zero attached hydrogens (tertiary/aromatic N) is 2. The largest absolute Gasteiger partial charge is 0.399 e. The molecule has 0 saturated heterocycles. The molecule has 0 spiro atoms. The van der Waals surface area contributed by atoms with Crippen LogP contribution in [0, 0.1) is 5.82 Å². The van der Waals surface area contributed by atoms with E-state index in [0.29, 0.717) is 5.56 Å². The van der Waals surface area contributed by atoms with E-state index in [0.717, 1.165) is 12.1 Å². The number of nitrogens with one attached hydrogen (secondary N) is 1. The second-order valence-electron chi connectivity index (χ2n) is 4.04. The topological polar surface area (TPSA) is 90.0 Å². The number of nitrogens with two attached hydrogens (primary N) is 1. The molecular formula is C11H13FN4O2S. The first-order chi connectivity index (χ1) is 8.88. The molecule has 0 aliphatic carbocycles. The molecule has 0 radical (unpaired) electrons. The summed E-state index contributed by atoms with van der Waals surface area (Å²) in [7, 11) is -2.19. The van der Waals surface area contributed by atoms with Crippen LogP contribution >= 0.6 is 0 Å². The Bertz CT molecular complexity index is 696. The van der Waals surface area contributed by atoms with E-state index in [1.54, 1.807) is 17.9 Å². The van der Waals surface area contributed by atoms with Gasteiger partial charge in [0.2, 0.25) is 10.0 Å². The van der Waals surface area contributed by atoms with Crippen molar-refractivity contribution in [3.05, 3.63) is 42.0 Å². The average Bonchev–Trinajstić information content (AvgIpc) is 2.72. The molecule has 3 N–H and O–H groups in total. The third kappa shape index (κ3) is 3.09. The molecule has 6 nitrogen and oxygen atoms in total. The van der Waals surface area contributed by atoms with Crippen molar-refractivity contribution in [1.82, 2.24) is 14.5 Å². The van der Waals surface area contributed by atoms with Crippen molar-refractivity contribution < 1.29 is 12.8 Å². The maximum absolute atomic E-state index is 13.6. The van der Waals surface area contributed by atoms with Gasteiger partial charge in [-0.25, -0.2) is 17.5 Å². The van der Waals surface area contributed by atoms with E-state index in [2.05, 4.69) is 9.82 Å². The monoisotopic (exact) mass is 284 g/mol. The third-order valence-electron chi connectivity index (χ3n) is 2.47. The molecule has 2 aromatic rings. The number of nitrogen functional groups attached to an aromatic ring is 1. The lowest BCUT2D eigenvalue weighted by Gasteiger charge is -2.07. The number of rotatable bonds is 4. The maximum atomic E-state index is 13.6. The van der Waals surface area contributed by atoms with Gasteiger partial charge in [0.15, 0.2) is 0 Å². The molecule has 0 aliphatic heterocycles. The van der Waals surface area contributed by atoms with Crippen molar-refractivity contribution in [1.29, 1.82) is 0 Å². The van der Waals surface area contributed by atoms with Crippen molar-refractivity contribution in [3.8, 4) is 0 Å². The summed E-state index contributed by atoms with van der Waals surface area (Å²) in [6, 6.07) is 3.44. The molecule has 2 rings (SSSR count). The zero-order valence-electron chi connectivity index (χ0n) is 10.2. The summed E-state index contributed by atoms with van der Waals surface area (Å²) in [5, 5.41) is 3.91. The molecule has 102 valence electrons. The SMILES string of the molecule is Cn1cc(CNS(=O)(=O)c2ccc(N)cc2F)cn1. The highest BCUT2D eigenvalue weighted by molar-refractivity contribution is 7.89. The first-order valence-corrected chi connectivity index (χ1v) is 6.89. The van der Waals surface area contributed by atoms with Crippen molar-refractivity contribution >= 4 is 15.7 Å². The Morgan fingerprint density at radius 3 is 2.79 bits per heavy atom. The molecule has 0 saturated carbocycles. The Morgan fingerprint density at radius 2 is 2.21 bits per heavy atom. The molecule has 1 heterocycles. The molecule has 1 aromatic heterocycles. The highest BCUT2D eigenvalue weighted by Gasteiger charge is 2.18. The summed E-state index contributed by atoms with van der Waals surface area (Å²) >= 11 is 0. The maximum Gasteiger partial charge on any atom is 0.243 e. The second-order valence-corrected chi connectivity index (χ2v) is 5.77. The lowest BCUT2D eigenvalue weighted by Crippen LogP contribution is -2.24. The van der Waals surface area contributed by atoms with Gasteiger partial charge in [0.05, 0.1) is 6.20 Å². The highest BCUT2D eigenvalue weighted by atomic mass is 32.2. The number of anilines is 1. The van der Waals surface area contributed by atoms with Crippen molar-refractivity contribution in [2.24, 2.45) is 7.05 Å². The van der Waals surface area contributed by atoms with Crippen LogP contribution in [0.2, 0.25) is 0 Å². The van der Waals surface area contributed by atoms with Gasteiger partial charge in [-0.05, 0) is 18.2 Å². The molecule has 0 fully saturated rings. The van der Waals surface area contributed by atoms with Crippen LogP contribution in [0.4, 0.5) is 10.1 Å². The first kappa shape index (κ1) is 13.5. The van der Waals surface area contributed by atoms with Gasteiger partial charge in [0, 0.05) is 31.0 Å². The Hall–Kier alpha value is -1.93. The van der Waals surface area contributed by atoms with Crippen LogP contribution in [0.15, 0.2) is 35.5 Å². The number of aromatic nitrogens is 2. The fourth-order valence-electron chi connectivity index (χ4n) is 1.55. The number of aryl methyl sites for hydroxylation is 1. The van der Waals surface area contributed by atoms with E-state index in [9.17, 15) is 12.8 Å². The molecule has 8 heteroatoms. The Kier molecular flexibility index (Phi) is 3.54. The van der Waals surface area contributed by atoms with E-state index >= 15 is 0 Å².